The number of nitrogens with one attached hydrogen (secondary N) is 1. The molecule has 1 rings (SSSR count). The summed E-state index contributed by atoms with van der Waals surface area (Å²) >= 11 is 3.32. The highest BCUT2D eigenvalue weighted by atomic mass is 79.9. The van der Waals surface area contributed by atoms with Crippen LogP contribution in [0.2, 0.25) is 0 Å². The molecular weight excluding hydrogens is 301 g/mol. The lowest BCUT2D eigenvalue weighted by atomic mass is 10.1. The zero-order valence-electron chi connectivity index (χ0n) is 10.5. The first-order chi connectivity index (χ1) is 8.56. The summed E-state index contributed by atoms with van der Waals surface area (Å²) in [6.07, 6.45) is 0.758. The van der Waals surface area contributed by atoms with Crippen LogP contribution in [0.3, 0.4) is 0 Å². The van der Waals surface area contributed by atoms with Crippen LogP contribution in [-0.2, 0) is 4.74 Å². The molecule has 0 bridgehead atoms. The molecule has 1 amide bonds. The number of amides is 1. The van der Waals surface area contributed by atoms with Crippen molar-refractivity contribution >= 4 is 21.8 Å². The molecule has 0 saturated heterocycles. The standard InChI is InChI=1S/C13H17BrFNO2/c1-9-5-10(7-11(15)6-9)13(17)16-12(3-4-14)8-18-2/h5-7,12H,3-4,8H2,1-2H3,(H,16,17). The van der Waals surface area contributed by atoms with Crippen molar-refractivity contribution < 1.29 is 13.9 Å². The molecule has 18 heavy (non-hydrogen) atoms. The lowest BCUT2D eigenvalue weighted by Gasteiger charge is -2.17. The van der Waals surface area contributed by atoms with Gasteiger partial charge >= 0.3 is 0 Å². The number of alkyl halides is 1. The minimum Gasteiger partial charge on any atom is -0.383 e. The van der Waals surface area contributed by atoms with Crippen molar-refractivity contribution in [2.24, 2.45) is 0 Å². The smallest absolute Gasteiger partial charge is 0.251 e. The number of hydrogen-bond donors (Lipinski definition) is 1. The van der Waals surface area contributed by atoms with Gasteiger partial charge in [0.05, 0.1) is 12.6 Å². The summed E-state index contributed by atoms with van der Waals surface area (Å²) in [5.41, 5.74) is 1.06. The monoisotopic (exact) mass is 317 g/mol. The van der Waals surface area contributed by atoms with Gasteiger partial charge in [-0.2, -0.15) is 0 Å². The van der Waals surface area contributed by atoms with Gasteiger partial charge in [0.1, 0.15) is 5.82 Å². The number of methoxy groups -OCH3 is 1. The van der Waals surface area contributed by atoms with E-state index in [4.69, 9.17) is 4.74 Å². The second-order valence-electron chi connectivity index (χ2n) is 4.12. The molecule has 0 aliphatic rings. The van der Waals surface area contributed by atoms with Gasteiger partial charge in [0.25, 0.3) is 5.91 Å². The van der Waals surface area contributed by atoms with Crippen molar-refractivity contribution in [2.75, 3.05) is 19.0 Å². The van der Waals surface area contributed by atoms with E-state index in [1.54, 1.807) is 20.1 Å². The number of carbonyl (C=O) groups excluding carboxylic acids is 1. The lowest BCUT2D eigenvalue weighted by Crippen LogP contribution is -2.38. The van der Waals surface area contributed by atoms with Gasteiger partial charge in [-0.3, -0.25) is 4.79 Å². The second kappa shape index (κ2) is 7.48. The first kappa shape index (κ1) is 15.1. The van der Waals surface area contributed by atoms with Crippen LogP contribution in [0.4, 0.5) is 4.39 Å². The number of halogens is 2. The molecule has 0 fully saturated rings. The van der Waals surface area contributed by atoms with Gasteiger partial charge in [0.2, 0.25) is 0 Å². The van der Waals surface area contributed by atoms with Crippen LogP contribution >= 0.6 is 15.9 Å². The van der Waals surface area contributed by atoms with E-state index in [1.807, 2.05) is 0 Å². The maximum Gasteiger partial charge on any atom is 0.251 e. The van der Waals surface area contributed by atoms with E-state index in [9.17, 15) is 9.18 Å². The summed E-state index contributed by atoms with van der Waals surface area (Å²) in [6, 6.07) is 4.21. The van der Waals surface area contributed by atoms with Crippen molar-refractivity contribution in [1.29, 1.82) is 0 Å². The van der Waals surface area contributed by atoms with E-state index in [0.717, 1.165) is 17.3 Å². The molecule has 0 aliphatic heterocycles. The molecule has 3 nitrogen and oxygen atoms in total. The van der Waals surface area contributed by atoms with E-state index in [1.165, 1.54) is 12.1 Å². The minimum absolute atomic E-state index is 0.0783. The first-order valence-electron chi connectivity index (χ1n) is 5.69. The summed E-state index contributed by atoms with van der Waals surface area (Å²) in [5.74, 6) is -0.676. The Labute approximate surface area is 115 Å². The zero-order valence-corrected chi connectivity index (χ0v) is 12.1. The Morgan fingerprint density at radius 2 is 2.22 bits per heavy atom. The maximum atomic E-state index is 13.2. The lowest BCUT2D eigenvalue weighted by molar-refractivity contribution is 0.0895. The summed E-state index contributed by atoms with van der Waals surface area (Å²) in [5, 5.41) is 3.60. The van der Waals surface area contributed by atoms with E-state index < -0.39 is 5.82 Å². The minimum atomic E-state index is -0.399. The van der Waals surface area contributed by atoms with Crippen molar-refractivity contribution in [3.8, 4) is 0 Å². The first-order valence-corrected chi connectivity index (χ1v) is 6.82. The molecule has 0 heterocycles. The molecule has 1 aromatic rings. The van der Waals surface area contributed by atoms with E-state index in [2.05, 4.69) is 21.2 Å². The molecule has 1 aromatic carbocycles. The van der Waals surface area contributed by atoms with E-state index in [0.29, 0.717) is 12.2 Å². The van der Waals surface area contributed by atoms with Crippen molar-refractivity contribution in [3.05, 3.63) is 35.1 Å². The molecule has 0 saturated carbocycles. The third-order valence-corrected chi connectivity index (χ3v) is 2.92. The number of rotatable bonds is 6. The van der Waals surface area contributed by atoms with Crippen LogP contribution in [0.25, 0.3) is 0 Å². The molecule has 0 spiro atoms. The zero-order chi connectivity index (χ0) is 13.5. The van der Waals surface area contributed by atoms with Gasteiger partial charge in [-0.1, -0.05) is 15.9 Å². The van der Waals surface area contributed by atoms with Gasteiger partial charge in [0, 0.05) is 18.0 Å². The van der Waals surface area contributed by atoms with Crippen molar-refractivity contribution in [2.45, 2.75) is 19.4 Å². The van der Waals surface area contributed by atoms with Crippen molar-refractivity contribution in [3.63, 3.8) is 0 Å². The fourth-order valence-electron chi connectivity index (χ4n) is 1.67. The molecule has 1 atom stereocenters. The van der Waals surface area contributed by atoms with Gasteiger partial charge in [-0.25, -0.2) is 4.39 Å². The topological polar surface area (TPSA) is 38.3 Å². The predicted molar refractivity (Wildman–Crippen MR) is 72.7 cm³/mol. The third kappa shape index (κ3) is 4.74. The van der Waals surface area contributed by atoms with E-state index >= 15 is 0 Å². The van der Waals surface area contributed by atoms with Crippen LogP contribution in [0, 0.1) is 12.7 Å². The number of carbonyl (C=O) groups is 1. The molecule has 0 aliphatic carbocycles. The number of ether oxygens (including phenoxy) is 1. The van der Waals surface area contributed by atoms with Gasteiger partial charge in [-0.05, 0) is 37.1 Å². The molecule has 1 unspecified atom stereocenters. The Morgan fingerprint density at radius 1 is 1.50 bits per heavy atom. The Hall–Kier alpha value is -0.940. The summed E-state index contributed by atoms with van der Waals surface area (Å²) in [7, 11) is 1.58. The van der Waals surface area contributed by atoms with Crippen LogP contribution in [0.5, 0.6) is 0 Å². The average Bonchev–Trinajstić information content (AvgIpc) is 2.28. The molecular formula is C13H17BrFNO2. The molecule has 0 radical (unpaired) electrons. The van der Waals surface area contributed by atoms with Gasteiger partial charge < -0.3 is 10.1 Å². The fraction of sp³-hybridized carbons (Fsp3) is 0.462. The Morgan fingerprint density at radius 3 is 2.78 bits per heavy atom. The highest BCUT2D eigenvalue weighted by molar-refractivity contribution is 9.09. The SMILES string of the molecule is COCC(CCBr)NC(=O)c1cc(C)cc(F)c1. The average molecular weight is 318 g/mol. The highest BCUT2D eigenvalue weighted by Crippen LogP contribution is 2.09. The summed E-state index contributed by atoms with van der Waals surface area (Å²) < 4.78 is 18.2. The molecule has 0 aromatic heterocycles. The number of aryl methyl sites for hydroxylation is 1. The third-order valence-electron chi connectivity index (χ3n) is 2.46. The largest absolute Gasteiger partial charge is 0.383 e. The van der Waals surface area contributed by atoms with Crippen LogP contribution in [0.15, 0.2) is 18.2 Å². The number of benzene rings is 1. The molecule has 1 N–H and O–H groups in total. The summed E-state index contributed by atoms with van der Waals surface area (Å²) in [6.45, 7) is 2.19. The van der Waals surface area contributed by atoms with Gasteiger partial charge in [0.15, 0.2) is 0 Å². The normalized spacial score (nSPS) is 12.2. The van der Waals surface area contributed by atoms with Crippen LogP contribution in [0.1, 0.15) is 22.3 Å². The predicted octanol–water partition coefficient (Wildman–Crippen LogP) is 2.66. The highest BCUT2D eigenvalue weighted by Gasteiger charge is 2.14. The van der Waals surface area contributed by atoms with Crippen LogP contribution < -0.4 is 5.32 Å². The van der Waals surface area contributed by atoms with Gasteiger partial charge in [-0.15, -0.1) is 0 Å². The quantitative estimate of drug-likeness (QED) is 0.819. The van der Waals surface area contributed by atoms with Crippen LogP contribution in [-0.4, -0.2) is 31.0 Å². The second-order valence-corrected chi connectivity index (χ2v) is 4.91. The Kier molecular flexibility index (Phi) is 6.29. The molecule has 100 valence electrons. The Balaban J connectivity index is 2.73. The Bertz CT molecular complexity index is 386. The summed E-state index contributed by atoms with van der Waals surface area (Å²) in [4.78, 5) is 12.0. The fourth-order valence-corrected chi connectivity index (χ4v) is 2.22. The number of hydrogen-bond acceptors (Lipinski definition) is 2. The maximum absolute atomic E-state index is 13.2. The van der Waals surface area contributed by atoms with E-state index in [-0.39, 0.29) is 11.9 Å². The molecule has 5 heteroatoms. The van der Waals surface area contributed by atoms with Crippen molar-refractivity contribution in [1.82, 2.24) is 5.32 Å².